The van der Waals surface area contributed by atoms with Crippen molar-refractivity contribution in [1.82, 2.24) is 10.3 Å². The van der Waals surface area contributed by atoms with Crippen LogP contribution in [0.3, 0.4) is 0 Å². The number of hydrogen-bond donors (Lipinski definition) is 1. The van der Waals surface area contributed by atoms with Crippen molar-refractivity contribution in [1.29, 1.82) is 5.26 Å². The SMILES string of the molecule is CNC(=O)/C(C#N)=C\c1cccnc1. The molecule has 1 amide bonds. The fourth-order valence-corrected chi connectivity index (χ4v) is 0.911. The second kappa shape index (κ2) is 4.77. The van der Waals surface area contributed by atoms with Crippen LogP contribution in [0.2, 0.25) is 0 Å². The van der Waals surface area contributed by atoms with Gasteiger partial charge in [0, 0.05) is 19.4 Å². The van der Waals surface area contributed by atoms with Gasteiger partial charge in [-0.2, -0.15) is 5.26 Å². The highest BCUT2D eigenvalue weighted by atomic mass is 16.1. The third kappa shape index (κ3) is 2.42. The molecule has 1 aromatic heterocycles. The van der Waals surface area contributed by atoms with Crippen molar-refractivity contribution >= 4 is 12.0 Å². The van der Waals surface area contributed by atoms with E-state index in [9.17, 15) is 4.79 Å². The molecule has 1 aromatic rings. The van der Waals surface area contributed by atoms with Gasteiger partial charge < -0.3 is 5.32 Å². The Morgan fingerprint density at radius 3 is 3.00 bits per heavy atom. The second-order valence-corrected chi connectivity index (χ2v) is 2.54. The van der Waals surface area contributed by atoms with E-state index in [1.54, 1.807) is 24.5 Å². The Morgan fingerprint density at radius 1 is 1.71 bits per heavy atom. The van der Waals surface area contributed by atoms with Crippen LogP contribution in [0.5, 0.6) is 0 Å². The van der Waals surface area contributed by atoms with E-state index in [-0.39, 0.29) is 5.57 Å². The normalized spacial score (nSPS) is 10.4. The lowest BCUT2D eigenvalue weighted by Crippen LogP contribution is -2.19. The van der Waals surface area contributed by atoms with Gasteiger partial charge in [-0.1, -0.05) is 6.07 Å². The number of carbonyl (C=O) groups is 1. The second-order valence-electron chi connectivity index (χ2n) is 2.54. The highest BCUT2D eigenvalue weighted by Crippen LogP contribution is 2.04. The van der Waals surface area contributed by atoms with Crippen molar-refractivity contribution in [2.75, 3.05) is 7.05 Å². The predicted molar refractivity (Wildman–Crippen MR) is 51.9 cm³/mol. The molecule has 0 aliphatic heterocycles. The highest BCUT2D eigenvalue weighted by molar-refractivity contribution is 6.01. The van der Waals surface area contributed by atoms with Gasteiger partial charge >= 0.3 is 0 Å². The van der Waals surface area contributed by atoms with E-state index < -0.39 is 5.91 Å². The van der Waals surface area contributed by atoms with Gasteiger partial charge in [0.1, 0.15) is 11.6 Å². The fraction of sp³-hybridized carbons (Fsp3) is 0.100. The zero-order valence-corrected chi connectivity index (χ0v) is 7.69. The Kier molecular flexibility index (Phi) is 3.39. The maximum absolute atomic E-state index is 11.1. The van der Waals surface area contributed by atoms with Gasteiger partial charge in [-0.25, -0.2) is 0 Å². The van der Waals surface area contributed by atoms with Gasteiger partial charge in [-0.05, 0) is 17.7 Å². The molecule has 0 aliphatic carbocycles. The number of nitriles is 1. The van der Waals surface area contributed by atoms with Crippen molar-refractivity contribution in [3.63, 3.8) is 0 Å². The maximum atomic E-state index is 11.1. The summed E-state index contributed by atoms with van der Waals surface area (Å²) in [6.07, 6.45) is 4.70. The molecule has 0 radical (unpaired) electrons. The first-order valence-corrected chi connectivity index (χ1v) is 4.02. The van der Waals surface area contributed by atoms with Crippen LogP contribution < -0.4 is 5.32 Å². The number of carbonyl (C=O) groups excluding carboxylic acids is 1. The molecule has 0 saturated heterocycles. The lowest BCUT2D eigenvalue weighted by atomic mass is 10.2. The van der Waals surface area contributed by atoms with E-state index in [0.717, 1.165) is 5.56 Å². The molecule has 1 rings (SSSR count). The molecule has 4 heteroatoms. The summed E-state index contributed by atoms with van der Waals surface area (Å²) in [6.45, 7) is 0. The molecule has 0 fully saturated rings. The first kappa shape index (κ1) is 9.93. The molecular formula is C10H9N3O. The lowest BCUT2D eigenvalue weighted by Gasteiger charge is -1.96. The zero-order valence-electron chi connectivity index (χ0n) is 7.69. The van der Waals surface area contributed by atoms with Crippen LogP contribution in [-0.4, -0.2) is 17.9 Å². The van der Waals surface area contributed by atoms with Crippen LogP contribution in [0.4, 0.5) is 0 Å². The summed E-state index contributed by atoms with van der Waals surface area (Å²) in [5.41, 5.74) is 0.799. The minimum atomic E-state index is -0.392. The Labute approximate surface area is 81.9 Å². The molecule has 0 aliphatic rings. The number of likely N-dealkylation sites (N-methyl/N-ethyl adjacent to an activating group) is 1. The highest BCUT2D eigenvalue weighted by Gasteiger charge is 2.05. The zero-order chi connectivity index (χ0) is 10.4. The number of nitrogens with zero attached hydrogens (tertiary/aromatic N) is 2. The van der Waals surface area contributed by atoms with Gasteiger partial charge in [0.25, 0.3) is 5.91 Å². The Bertz CT molecular complexity index is 390. The monoisotopic (exact) mass is 187 g/mol. The van der Waals surface area contributed by atoms with Gasteiger partial charge in [-0.15, -0.1) is 0 Å². The molecule has 1 N–H and O–H groups in total. The van der Waals surface area contributed by atoms with Crippen LogP contribution in [0.15, 0.2) is 30.1 Å². The molecule has 1 heterocycles. The topological polar surface area (TPSA) is 65.8 Å². The summed E-state index contributed by atoms with van der Waals surface area (Å²) in [6, 6.07) is 5.33. The average molecular weight is 187 g/mol. The summed E-state index contributed by atoms with van der Waals surface area (Å²) in [5, 5.41) is 11.1. The first-order valence-electron chi connectivity index (χ1n) is 4.02. The van der Waals surface area contributed by atoms with Crippen LogP contribution in [0, 0.1) is 11.3 Å². The van der Waals surface area contributed by atoms with Gasteiger partial charge in [0.15, 0.2) is 0 Å². The molecule has 0 aromatic carbocycles. The first-order chi connectivity index (χ1) is 6.77. The van der Waals surface area contributed by atoms with E-state index in [2.05, 4.69) is 10.3 Å². The Hall–Kier alpha value is -2.15. The van der Waals surface area contributed by atoms with Crippen molar-refractivity contribution in [3.05, 3.63) is 35.7 Å². The molecule has 0 spiro atoms. The molecule has 0 atom stereocenters. The maximum Gasteiger partial charge on any atom is 0.261 e. The van der Waals surface area contributed by atoms with E-state index in [1.165, 1.54) is 13.1 Å². The average Bonchev–Trinajstić information content (AvgIpc) is 2.26. The number of pyridine rings is 1. The summed E-state index contributed by atoms with van der Waals surface area (Å²) in [4.78, 5) is 15.0. The van der Waals surface area contributed by atoms with Crippen molar-refractivity contribution in [3.8, 4) is 6.07 Å². The van der Waals surface area contributed by atoms with Crippen LogP contribution in [0.25, 0.3) is 6.08 Å². The van der Waals surface area contributed by atoms with Gasteiger partial charge in [0.05, 0.1) is 0 Å². The van der Waals surface area contributed by atoms with E-state index >= 15 is 0 Å². The number of amides is 1. The van der Waals surface area contributed by atoms with E-state index in [1.807, 2.05) is 6.07 Å². The van der Waals surface area contributed by atoms with Crippen molar-refractivity contribution in [2.45, 2.75) is 0 Å². The molecule has 0 bridgehead atoms. The van der Waals surface area contributed by atoms with Crippen LogP contribution in [0.1, 0.15) is 5.56 Å². The van der Waals surface area contributed by atoms with Gasteiger partial charge in [0.2, 0.25) is 0 Å². The summed E-state index contributed by atoms with van der Waals surface area (Å²) < 4.78 is 0. The molecule has 14 heavy (non-hydrogen) atoms. The molecular weight excluding hydrogens is 178 g/mol. The van der Waals surface area contributed by atoms with E-state index in [0.29, 0.717) is 0 Å². The van der Waals surface area contributed by atoms with Crippen LogP contribution in [-0.2, 0) is 4.79 Å². The summed E-state index contributed by atoms with van der Waals surface area (Å²) >= 11 is 0. The number of hydrogen-bond acceptors (Lipinski definition) is 3. The summed E-state index contributed by atoms with van der Waals surface area (Å²) in [7, 11) is 1.48. The number of aromatic nitrogens is 1. The third-order valence-electron chi connectivity index (χ3n) is 1.59. The minimum Gasteiger partial charge on any atom is -0.354 e. The van der Waals surface area contributed by atoms with E-state index in [4.69, 9.17) is 5.26 Å². The molecule has 70 valence electrons. The van der Waals surface area contributed by atoms with Crippen molar-refractivity contribution in [2.24, 2.45) is 0 Å². The predicted octanol–water partition coefficient (Wildman–Crippen LogP) is 0.735. The standard InChI is InChI=1S/C10H9N3O/c1-12-10(14)9(6-11)5-8-3-2-4-13-7-8/h2-5,7H,1H3,(H,12,14)/b9-5-. The summed E-state index contributed by atoms with van der Waals surface area (Å²) in [5.74, 6) is -0.392. The molecule has 4 nitrogen and oxygen atoms in total. The lowest BCUT2D eigenvalue weighted by molar-refractivity contribution is -0.116. The number of nitrogens with one attached hydrogen (secondary N) is 1. The fourth-order valence-electron chi connectivity index (χ4n) is 0.911. The minimum absolute atomic E-state index is 0.0699. The Morgan fingerprint density at radius 2 is 2.50 bits per heavy atom. The quantitative estimate of drug-likeness (QED) is 0.548. The van der Waals surface area contributed by atoms with Crippen LogP contribution >= 0.6 is 0 Å². The largest absolute Gasteiger partial charge is 0.354 e. The Balaban J connectivity index is 2.97. The van der Waals surface area contributed by atoms with Gasteiger partial charge in [-0.3, -0.25) is 9.78 Å². The third-order valence-corrected chi connectivity index (χ3v) is 1.59. The molecule has 0 unspecified atom stereocenters. The molecule has 0 saturated carbocycles. The number of rotatable bonds is 2. The van der Waals surface area contributed by atoms with Crippen molar-refractivity contribution < 1.29 is 4.79 Å². The smallest absolute Gasteiger partial charge is 0.261 e.